The van der Waals surface area contributed by atoms with Crippen molar-refractivity contribution >= 4 is 11.8 Å². The lowest BCUT2D eigenvalue weighted by molar-refractivity contribution is -0.145. The third-order valence-corrected chi connectivity index (χ3v) is 5.64. The molecular formula is C27H32FN3O5. The van der Waals surface area contributed by atoms with Gasteiger partial charge in [0.25, 0.3) is 0 Å². The van der Waals surface area contributed by atoms with Crippen molar-refractivity contribution in [3.05, 3.63) is 65.7 Å². The Morgan fingerprint density at radius 1 is 1.17 bits per heavy atom. The molecule has 0 amide bonds. The number of methoxy groups -OCH3 is 1. The molecule has 0 saturated heterocycles. The Bertz CT molecular complexity index is 1190. The molecule has 1 atom stereocenters. The van der Waals surface area contributed by atoms with Crippen LogP contribution in [0.3, 0.4) is 0 Å². The number of esters is 1. The summed E-state index contributed by atoms with van der Waals surface area (Å²) in [5.74, 6) is 0.631. The number of carbonyl (C=O) groups is 1. The molecule has 1 aromatic heterocycles. The van der Waals surface area contributed by atoms with E-state index in [0.717, 1.165) is 0 Å². The first-order valence-electron chi connectivity index (χ1n) is 11.7. The highest BCUT2D eigenvalue weighted by Gasteiger charge is 2.20. The standard InChI is InChI=1S/C27H32FN3O5/c1-6-35-25(33)14-24(32)18-8-7-9-21(12-18)36-16-19-15-29-26(27(30-19)31(4)17(2)3)22-13-20(34-5)10-11-23(22)28/h7-13,15,17,24,32H,6,14,16H2,1-5H3/t24-/m1/s1. The molecule has 9 heteroatoms. The number of hydrogen-bond acceptors (Lipinski definition) is 8. The second-order valence-electron chi connectivity index (χ2n) is 8.47. The fourth-order valence-corrected chi connectivity index (χ4v) is 3.44. The highest BCUT2D eigenvalue weighted by molar-refractivity contribution is 5.74. The van der Waals surface area contributed by atoms with E-state index in [2.05, 4.69) is 4.98 Å². The van der Waals surface area contributed by atoms with E-state index in [9.17, 15) is 14.3 Å². The van der Waals surface area contributed by atoms with Gasteiger partial charge in [0.15, 0.2) is 5.82 Å². The Kier molecular flexibility index (Phi) is 9.19. The molecule has 0 aliphatic carbocycles. The molecule has 3 aromatic rings. The van der Waals surface area contributed by atoms with Crippen LogP contribution < -0.4 is 14.4 Å². The van der Waals surface area contributed by atoms with Crippen LogP contribution in [0.15, 0.2) is 48.7 Å². The van der Waals surface area contributed by atoms with Crippen LogP contribution in [0, 0.1) is 5.82 Å². The third-order valence-electron chi connectivity index (χ3n) is 5.64. The minimum Gasteiger partial charge on any atom is -0.497 e. The van der Waals surface area contributed by atoms with Crippen LogP contribution in [-0.2, 0) is 16.1 Å². The Labute approximate surface area is 210 Å². The monoisotopic (exact) mass is 497 g/mol. The molecule has 0 bridgehead atoms. The van der Waals surface area contributed by atoms with Crippen molar-refractivity contribution in [1.82, 2.24) is 9.97 Å². The molecular weight excluding hydrogens is 465 g/mol. The van der Waals surface area contributed by atoms with E-state index in [1.807, 2.05) is 25.8 Å². The Morgan fingerprint density at radius 3 is 2.64 bits per heavy atom. The fraction of sp³-hybridized carbons (Fsp3) is 0.370. The van der Waals surface area contributed by atoms with E-state index in [-0.39, 0.29) is 25.7 Å². The molecule has 0 unspecified atom stereocenters. The zero-order valence-electron chi connectivity index (χ0n) is 21.2. The van der Waals surface area contributed by atoms with E-state index in [1.165, 1.54) is 13.2 Å². The number of halogens is 1. The summed E-state index contributed by atoms with van der Waals surface area (Å²) in [5, 5.41) is 10.4. The van der Waals surface area contributed by atoms with Crippen molar-refractivity contribution in [2.24, 2.45) is 0 Å². The minimum atomic E-state index is -1.00. The molecule has 1 N–H and O–H groups in total. The molecule has 0 radical (unpaired) electrons. The van der Waals surface area contributed by atoms with Crippen LogP contribution >= 0.6 is 0 Å². The van der Waals surface area contributed by atoms with Crippen molar-refractivity contribution < 1.29 is 28.5 Å². The van der Waals surface area contributed by atoms with Gasteiger partial charge in [0.2, 0.25) is 0 Å². The lowest BCUT2D eigenvalue weighted by Crippen LogP contribution is -2.28. The number of anilines is 1. The zero-order valence-corrected chi connectivity index (χ0v) is 21.2. The van der Waals surface area contributed by atoms with Crippen molar-refractivity contribution in [3.8, 4) is 22.8 Å². The van der Waals surface area contributed by atoms with Crippen molar-refractivity contribution in [3.63, 3.8) is 0 Å². The Balaban J connectivity index is 1.83. The van der Waals surface area contributed by atoms with Crippen molar-refractivity contribution in [2.45, 2.75) is 45.9 Å². The molecule has 8 nitrogen and oxygen atoms in total. The molecule has 3 rings (SSSR count). The van der Waals surface area contributed by atoms with Gasteiger partial charge in [-0.25, -0.2) is 9.37 Å². The molecule has 0 aliphatic rings. The maximum absolute atomic E-state index is 14.7. The summed E-state index contributed by atoms with van der Waals surface area (Å²) in [6, 6.07) is 11.4. The maximum Gasteiger partial charge on any atom is 0.308 e. The minimum absolute atomic E-state index is 0.0838. The van der Waals surface area contributed by atoms with Crippen LogP contribution in [-0.4, -0.2) is 47.8 Å². The number of benzene rings is 2. The summed E-state index contributed by atoms with van der Waals surface area (Å²) in [4.78, 5) is 22.8. The van der Waals surface area contributed by atoms with Crippen molar-refractivity contribution in [1.29, 1.82) is 0 Å². The summed E-state index contributed by atoms with van der Waals surface area (Å²) in [7, 11) is 3.39. The summed E-state index contributed by atoms with van der Waals surface area (Å²) in [5.41, 5.74) is 1.77. The first-order valence-corrected chi connectivity index (χ1v) is 11.7. The second kappa shape index (κ2) is 12.3. The van der Waals surface area contributed by atoms with Gasteiger partial charge in [0.1, 0.15) is 29.6 Å². The van der Waals surface area contributed by atoms with Gasteiger partial charge in [0, 0.05) is 18.7 Å². The predicted molar refractivity (Wildman–Crippen MR) is 135 cm³/mol. The van der Waals surface area contributed by atoms with Crippen LogP contribution in [0.1, 0.15) is 44.6 Å². The number of nitrogens with zero attached hydrogens (tertiary/aromatic N) is 3. The van der Waals surface area contributed by atoms with E-state index in [4.69, 9.17) is 19.2 Å². The molecule has 192 valence electrons. The zero-order chi connectivity index (χ0) is 26.2. The van der Waals surface area contributed by atoms with E-state index in [1.54, 1.807) is 49.5 Å². The van der Waals surface area contributed by atoms with Gasteiger partial charge in [-0.15, -0.1) is 0 Å². The number of rotatable bonds is 11. The summed E-state index contributed by atoms with van der Waals surface area (Å²) >= 11 is 0. The van der Waals surface area contributed by atoms with E-state index < -0.39 is 17.9 Å². The number of ether oxygens (including phenoxy) is 3. The van der Waals surface area contributed by atoms with Gasteiger partial charge in [-0.05, 0) is 56.7 Å². The highest BCUT2D eigenvalue weighted by atomic mass is 19.1. The quantitative estimate of drug-likeness (QED) is 0.381. The smallest absolute Gasteiger partial charge is 0.308 e. The normalized spacial score (nSPS) is 11.8. The third kappa shape index (κ3) is 6.69. The van der Waals surface area contributed by atoms with Gasteiger partial charge in [-0.1, -0.05) is 12.1 Å². The molecule has 0 fully saturated rings. The average molecular weight is 498 g/mol. The summed E-state index contributed by atoms with van der Waals surface area (Å²) < 4.78 is 30.8. The average Bonchev–Trinajstić information content (AvgIpc) is 2.87. The van der Waals surface area contributed by atoms with Gasteiger partial charge in [-0.2, -0.15) is 0 Å². The van der Waals surface area contributed by atoms with Crippen molar-refractivity contribution in [2.75, 3.05) is 25.7 Å². The van der Waals surface area contributed by atoms with E-state index in [0.29, 0.717) is 39.8 Å². The molecule has 36 heavy (non-hydrogen) atoms. The van der Waals surface area contributed by atoms with Crippen LogP contribution in [0.25, 0.3) is 11.3 Å². The van der Waals surface area contributed by atoms with Gasteiger partial charge in [0.05, 0.1) is 38.1 Å². The highest BCUT2D eigenvalue weighted by Crippen LogP contribution is 2.32. The Morgan fingerprint density at radius 2 is 1.94 bits per heavy atom. The van der Waals surface area contributed by atoms with Gasteiger partial charge in [-0.3, -0.25) is 9.78 Å². The Hall–Kier alpha value is -3.72. The SMILES string of the molecule is CCOC(=O)C[C@@H](O)c1cccc(OCc2cnc(-c3cc(OC)ccc3F)c(N(C)C(C)C)n2)c1. The topological polar surface area (TPSA) is 94.0 Å². The molecule has 0 spiro atoms. The molecule has 0 saturated carbocycles. The fourth-order valence-electron chi connectivity index (χ4n) is 3.44. The number of aliphatic hydroxyl groups excluding tert-OH is 1. The molecule has 2 aromatic carbocycles. The van der Waals surface area contributed by atoms with Crippen LogP contribution in [0.4, 0.5) is 10.2 Å². The lowest BCUT2D eigenvalue weighted by Gasteiger charge is -2.25. The molecule has 1 heterocycles. The van der Waals surface area contributed by atoms with E-state index >= 15 is 0 Å². The first-order chi connectivity index (χ1) is 17.2. The number of carbonyl (C=O) groups excluding carboxylic acids is 1. The maximum atomic E-state index is 14.7. The van der Waals surface area contributed by atoms with Gasteiger partial charge >= 0.3 is 5.97 Å². The second-order valence-corrected chi connectivity index (χ2v) is 8.47. The first kappa shape index (κ1) is 26.9. The number of aliphatic hydroxyl groups is 1. The van der Waals surface area contributed by atoms with Crippen LogP contribution in [0.5, 0.6) is 11.5 Å². The lowest BCUT2D eigenvalue weighted by atomic mass is 10.1. The summed E-state index contributed by atoms with van der Waals surface area (Å²) in [6.45, 7) is 6.08. The summed E-state index contributed by atoms with van der Waals surface area (Å²) in [6.07, 6.45) is 0.400. The molecule has 0 aliphatic heterocycles. The number of aromatic nitrogens is 2. The van der Waals surface area contributed by atoms with Crippen LogP contribution in [0.2, 0.25) is 0 Å². The largest absolute Gasteiger partial charge is 0.497 e. The predicted octanol–water partition coefficient (Wildman–Crippen LogP) is 4.70. The van der Waals surface area contributed by atoms with Gasteiger partial charge < -0.3 is 24.2 Å². The number of hydrogen-bond donors (Lipinski definition) is 1.